The van der Waals surface area contributed by atoms with E-state index in [1.165, 1.54) is 10.8 Å². The van der Waals surface area contributed by atoms with Crippen LogP contribution in [0.5, 0.6) is 23.0 Å². The van der Waals surface area contributed by atoms with Crippen LogP contribution in [0.1, 0.15) is 0 Å². The molecule has 10 nitrogen and oxygen atoms in total. The number of hydrogen-bond donors (Lipinski definition) is 1. The number of H-pyrrole nitrogens is 1. The molecular weight excluding hydrogens is 1290 g/mol. The summed E-state index contributed by atoms with van der Waals surface area (Å²) in [6, 6.07) is 96.4. The van der Waals surface area contributed by atoms with Crippen molar-refractivity contribution in [3.05, 3.63) is 321 Å². The summed E-state index contributed by atoms with van der Waals surface area (Å²) in [6.07, 6.45) is 11.3. The SMILES string of the molecule is Clc1cc(-c2ccccc2)ccn1.[Pt+2].[c-]1c(Oc2[c-]c3c(cc2)c2ccccc2n3-c2cc(-c3ccccc3)ccn2)cccc1-n1cc(-c2ccccc2)cn1.c1ccc(-c2cnn(-c3cccc(Oc4ccc5c(c4)[nH]c4ccccc45)c3)c2)cc1. The Hall–Kier alpha value is -10.9. The fourth-order valence-corrected chi connectivity index (χ4v) is 10.9. The Morgan fingerprint density at radius 2 is 0.943 bits per heavy atom. The third-order valence-electron chi connectivity index (χ3n) is 14.9. The first-order chi connectivity index (χ1) is 43.0. The summed E-state index contributed by atoms with van der Waals surface area (Å²) in [7, 11) is 0. The van der Waals surface area contributed by atoms with Gasteiger partial charge in [0.15, 0.2) is 0 Å². The van der Waals surface area contributed by atoms with Crippen molar-refractivity contribution in [2.24, 2.45) is 0 Å². The predicted octanol–water partition coefficient (Wildman–Crippen LogP) is 19.5. The van der Waals surface area contributed by atoms with Crippen LogP contribution >= 0.6 is 11.6 Å². The molecule has 0 aliphatic heterocycles. The maximum Gasteiger partial charge on any atom is 2.00 e. The topological polar surface area (TPSA) is 101 Å². The number of benzene rings is 10. The Bertz CT molecular complexity index is 5030. The van der Waals surface area contributed by atoms with Crippen LogP contribution in [-0.4, -0.2) is 39.1 Å². The molecule has 6 aromatic heterocycles. The second-order valence-electron chi connectivity index (χ2n) is 20.5. The number of halogens is 1. The smallest absolute Gasteiger partial charge is 0.509 e. The third kappa shape index (κ3) is 12.3. The summed E-state index contributed by atoms with van der Waals surface area (Å²) >= 11 is 5.78. The number of para-hydroxylation sites is 2. The van der Waals surface area contributed by atoms with E-state index in [0.29, 0.717) is 16.7 Å². The quantitative estimate of drug-likeness (QED) is 0.102. The van der Waals surface area contributed by atoms with Crippen molar-refractivity contribution < 1.29 is 30.5 Å². The first-order valence-electron chi connectivity index (χ1n) is 28.3. The van der Waals surface area contributed by atoms with E-state index in [1.54, 1.807) is 6.20 Å². The molecule has 0 saturated heterocycles. The van der Waals surface area contributed by atoms with Crippen molar-refractivity contribution in [2.75, 3.05) is 0 Å². The Labute approximate surface area is 527 Å². The monoisotopic (exact) mass is 1340 g/mol. The van der Waals surface area contributed by atoms with Crippen LogP contribution < -0.4 is 9.47 Å². The number of nitrogens with zero attached hydrogens (tertiary/aromatic N) is 7. The molecule has 0 atom stereocenters. The van der Waals surface area contributed by atoms with Gasteiger partial charge in [-0.15, -0.1) is 35.7 Å². The third-order valence-corrected chi connectivity index (χ3v) is 15.1. The maximum atomic E-state index is 6.33. The fourth-order valence-electron chi connectivity index (χ4n) is 10.7. The predicted molar refractivity (Wildman–Crippen MR) is 350 cm³/mol. The molecule has 0 spiro atoms. The van der Waals surface area contributed by atoms with Gasteiger partial charge in [0.25, 0.3) is 0 Å². The molecule has 0 unspecified atom stereocenters. The van der Waals surface area contributed by atoms with Crippen LogP contribution in [-0.2, 0) is 21.1 Å². The molecule has 1 N–H and O–H groups in total. The molecule has 16 aromatic rings. The number of pyridine rings is 2. The number of fused-ring (bicyclic) bond motifs is 6. The largest absolute Gasteiger partial charge is 2.00 e. The zero-order chi connectivity index (χ0) is 58.3. The van der Waals surface area contributed by atoms with E-state index >= 15 is 0 Å². The average molecular weight is 1340 g/mol. The van der Waals surface area contributed by atoms with Gasteiger partial charge in [-0.1, -0.05) is 181 Å². The van der Waals surface area contributed by atoms with Gasteiger partial charge in [0.05, 0.1) is 23.6 Å². The molecule has 0 aliphatic rings. The van der Waals surface area contributed by atoms with Crippen molar-refractivity contribution in [2.45, 2.75) is 0 Å². The summed E-state index contributed by atoms with van der Waals surface area (Å²) in [5.41, 5.74) is 14.8. The molecule has 0 saturated carbocycles. The number of ether oxygens (including phenoxy) is 2. The summed E-state index contributed by atoms with van der Waals surface area (Å²) in [6.45, 7) is 0. The summed E-state index contributed by atoms with van der Waals surface area (Å²) in [5, 5.41) is 14.3. The molecular formula is C76H51ClN8O2Pt. The van der Waals surface area contributed by atoms with E-state index in [-0.39, 0.29) is 21.1 Å². The minimum absolute atomic E-state index is 0. The van der Waals surface area contributed by atoms with E-state index in [2.05, 4.69) is 134 Å². The van der Waals surface area contributed by atoms with Gasteiger partial charge in [0, 0.05) is 81.4 Å². The van der Waals surface area contributed by atoms with E-state index < -0.39 is 0 Å². The zero-order valence-electron chi connectivity index (χ0n) is 47.0. The maximum absolute atomic E-state index is 6.33. The molecule has 12 heteroatoms. The van der Waals surface area contributed by atoms with Crippen LogP contribution in [0.3, 0.4) is 0 Å². The molecule has 0 bridgehead atoms. The molecule has 0 amide bonds. The Morgan fingerprint density at radius 3 is 1.65 bits per heavy atom. The average Bonchev–Trinajstić information content (AvgIpc) is 2.44. The van der Waals surface area contributed by atoms with Gasteiger partial charge in [0.1, 0.15) is 22.5 Å². The molecule has 16 rings (SSSR count). The summed E-state index contributed by atoms with van der Waals surface area (Å²) in [4.78, 5) is 12.2. The van der Waals surface area contributed by atoms with Crippen LogP contribution in [0.4, 0.5) is 0 Å². The second kappa shape index (κ2) is 25.8. The number of aromatic amines is 1. The van der Waals surface area contributed by atoms with E-state index in [0.717, 1.165) is 106 Å². The number of hydrogen-bond acceptors (Lipinski definition) is 6. The van der Waals surface area contributed by atoms with Gasteiger partial charge < -0.3 is 19.0 Å². The zero-order valence-corrected chi connectivity index (χ0v) is 50.0. The molecule has 0 fully saturated rings. The normalized spacial score (nSPS) is 10.9. The minimum Gasteiger partial charge on any atom is -0.509 e. The van der Waals surface area contributed by atoms with E-state index in [1.807, 2.05) is 210 Å². The summed E-state index contributed by atoms with van der Waals surface area (Å²) in [5.74, 6) is 3.56. The Morgan fingerprint density at radius 1 is 0.386 bits per heavy atom. The van der Waals surface area contributed by atoms with E-state index in [9.17, 15) is 0 Å². The first kappa shape index (κ1) is 56.2. The van der Waals surface area contributed by atoms with Gasteiger partial charge >= 0.3 is 21.1 Å². The van der Waals surface area contributed by atoms with Crippen molar-refractivity contribution in [3.63, 3.8) is 0 Å². The molecule has 6 heterocycles. The fraction of sp³-hybridized carbons (Fsp3) is 0. The van der Waals surface area contributed by atoms with Gasteiger partial charge in [-0.3, -0.25) is 4.68 Å². The molecule has 0 aliphatic carbocycles. The second-order valence-corrected chi connectivity index (χ2v) is 20.9. The number of rotatable bonds is 11. The van der Waals surface area contributed by atoms with Crippen molar-refractivity contribution in [1.82, 2.24) is 39.1 Å². The van der Waals surface area contributed by atoms with Crippen molar-refractivity contribution in [1.29, 1.82) is 0 Å². The molecule has 0 radical (unpaired) electrons. The van der Waals surface area contributed by atoms with Gasteiger partial charge in [0.2, 0.25) is 0 Å². The van der Waals surface area contributed by atoms with Gasteiger partial charge in [-0.2, -0.15) is 22.3 Å². The molecule has 88 heavy (non-hydrogen) atoms. The number of nitrogens with one attached hydrogen (secondary N) is 1. The molecule has 424 valence electrons. The van der Waals surface area contributed by atoms with Crippen molar-refractivity contribution in [3.8, 4) is 84.7 Å². The van der Waals surface area contributed by atoms with Crippen molar-refractivity contribution >= 4 is 55.2 Å². The molecule has 10 aromatic carbocycles. The van der Waals surface area contributed by atoms with Gasteiger partial charge in [-0.25, -0.2) is 14.6 Å². The Balaban J connectivity index is 0.000000138. The van der Waals surface area contributed by atoms with Gasteiger partial charge in [-0.05, 0) is 105 Å². The Kier molecular flexibility index (Phi) is 16.5. The number of aromatic nitrogens is 8. The summed E-state index contributed by atoms with van der Waals surface area (Å²) < 4.78 is 18.3. The standard InChI is InChI=1S/C38H24N4O.C27H19N3O.C11H8ClN.Pt/c1-3-10-27(11-4-1)29-20-21-39-38(22-29)42-36-17-8-7-16-34(36)35-19-18-33(24-37(35)42)43-32-15-9-14-31(23-32)41-26-30(25-40-41)28-12-5-2-6-13-28;1-2-7-19(8-3-1)20-17-28-30(18-20)21-9-6-10-22(15-21)31-23-13-14-25-24-11-4-5-12-26(24)29-27(25)16-23;12-11-8-10(6-7-13-11)9-4-2-1-3-5-9;/h1-22,25-26H;1-18,29H;1-8H;/q-2;;;+2. The van der Waals surface area contributed by atoms with Crippen LogP contribution in [0, 0.1) is 12.1 Å². The van der Waals surface area contributed by atoms with Crippen LogP contribution in [0.25, 0.3) is 105 Å². The minimum atomic E-state index is 0. The van der Waals surface area contributed by atoms with Crippen LogP contribution in [0.15, 0.2) is 304 Å². The van der Waals surface area contributed by atoms with E-state index in [4.69, 9.17) is 26.1 Å². The first-order valence-corrected chi connectivity index (χ1v) is 28.7. The van der Waals surface area contributed by atoms with Crippen LogP contribution in [0.2, 0.25) is 5.15 Å².